The van der Waals surface area contributed by atoms with Crippen molar-refractivity contribution in [2.45, 2.75) is 18.9 Å². The monoisotopic (exact) mass is 190 g/mol. The molecule has 1 heterocycles. The first kappa shape index (κ1) is 10.0. The van der Waals surface area contributed by atoms with Crippen LogP contribution in [0.5, 0.6) is 0 Å². The molecule has 1 aliphatic heterocycles. The van der Waals surface area contributed by atoms with E-state index in [9.17, 15) is 4.21 Å². The molecule has 3 nitrogen and oxygen atoms in total. The highest BCUT2D eigenvalue weighted by Gasteiger charge is 2.21. The minimum atomic E-state index is -1.98. The van der Waals surface area contributed by atoms with E-state index in [0.29, 0.717) is 6.04 Å². The summed E-state index contributed by atoms with van der Waals surface area (Å²) in [4.78, 5) is 0. The molecule has 0 bridgehead atoms. The summed E-state index contributed by atoms with van der Waals surface area (Å²) in [5, 5.41) is 3.21. The number of likely N-dealkylation sites (N-methyl/N-ethyl adjacent to an activating group) is 1. The van der Waals surface area contributed by atoms with Crippen molar-refractivity contribution in [3.8, 4) is 0 Å². The molecule has 1 saturated heterocycles. The van der Waals surface area contributed by atoms with Gasteiger partial charge in [0, 0.05) is 35.1 Å². The number of rotatable bonds is 2. The molecule has 12 heavy (non-hydrogen) atoms. The zero-order valence-electron chi connectivity index (χ0n) is 7.88. The quantitative estimate of drug-likeness (QED) is 0.618. The van der Waals surface area contributed by atoms with E-state index in [4.69, 9.17) is 0 Å². The van der Waals surface area contributed by atoms with Crippen LogP contribution in [0.15, 0.2) is 0 Å². The minimum Gasteiger partial charge on any atom is -0.316 e. The van der Waals surface area contributed by atoms with E-state index in [1.54, 1.807) is 6.26 Å². The van der Waals surface area contributed by atoms with E-state index in [2.05, 4.69) is 11.2 Å². The Labute approximate surface area is 75.3 Å². The van der Waals surface area contributed by atoms with Gasteiger partial charge in [0.2, 0.25) is 0 Å². The van der Waals surface area contributed by atoms with Gasteiger partial charge in [0.15, 0.2) is 0 Å². The maximum absolute atomic E-state index is 11.6. The average molecular weight is 190 g/mol. The third kappa shape index (κ3) is 2.47. The van der Waals surface area contributed by atoms with E-state index in [0.717, 1.165) is 19.5 Å². The van der Waals surface area contributed by atoms with Crippen molar-refractivity contribution in [1.82, 2.24) is 9.62 Å². The molecule has 4 heteroatoms. The van der Waals surface area contributed by atoms with Gasteiger partial charge >= 0.3 is 0 Å². The maximum atomic E-state index is 11.6. The van der Waals surface area contributed by atoms with Crippen molar-refractivity contribution >= 4 is 15.6 Å². The molecule has 1 rings (SSSR count). The largest absolute Gasteiger partial charge is 0.316 e. The lowest BCUT2D eigenvalue weighted by atomic mass is 10.1. The summed E-state index contributed by atoms with van der Waals surface area (Å²) in [6, 6.07) is 0.487. The Kier molecular flexibility index (Phi) is 3.15. The molecule has 1 N–H and O–H groups in total. The Balaban J connectivity index is 2.58. The van der Waals surface area contributed by atoms with Crippen LogP contribution in [0, 0.1) is 0 Å². The molecule has 0 aromatic heterocycles. The number of hydrogen-bond donors (Lipinski definition) is 1. The van der Waals surface area contributed by atoms with Gasteiger partial charge in [0.1, 0.15) is 0 Å². The van der Waals surface area contributed by atoms with E-state index in [-0.39, 0.29) is 0 Å². The summed E-state index contributed by atoms with van der Waals surface area (Å²) in [6.07, 6.45) is 4.01. The highest BCUT2D eigenvalue weighted by molar-refractivity contribution is 7.97. The van der Waals surface area contributed by atoms with Gasteiger partial charge in [-0.3, -0.25) is 4.21 Å². The number of hydrogen-bond acceptors (Lipinski definition) is 2. The van der Waals surface area contributed by atoms with Crippen molar-refractivity contribution in [1.29, 1.82) is 0 Å². The van der Waals surface area contributed by atoms with Crippen molar-refractivity contribution in [2.75, 3.05) is 26.4 Å². The van der Waals surface area contributed by atoms with Crippen LogP contribution < -0.4 is 5.32 Å². The summed E-state index contributed by atoms with van der Waals surface area (Å²) in [5.74, 6) is 3.69. The molecule has 0 aromatic rings. The van der Waals surface area contributed by atoms with Gasteiger partial charge in [-0.15, -0.1) is 0 Å². The molecular weight excluding hydrogens is 172 g/mol. The predicted octanol–water partition coefficient (Wildman–Crippen LogP) is -0.0686. The second-order valence-electron chi connectivity index (χ2n) is 3.48. The Bertz CT molecular complexity index is 235. The van der Waals surface area contributed by atoms with Crippen LogP contribution in [-0.2, 0) is 9.71 Å². The van der Waals surface area contributed by atoms with Gasteiger partial charge in [0.25, 0.3) is 0 Å². The van der Waals surface area contributed by atoms with Crippen molar-refractivity contribution in [3.05, 3.63) is 0 Å². The van der Waals surface area contributed by atoms with E-state index < -0.39 is 9.71 Å². The fourth-order valence-electron chi connectivity index (χ4n) is 1.53. The third-order valence-corrected chi connectivity index (χ3v) is 3.76. The van der Waals surface area contributed by atoms with Crippen LogP contribution in [0.4, 0.5) is 0 Å². The Morgan fingerprint density at radius 1 is 1.67 bits per heavy atom. The smallest absolute Gasteiger partial charge is 0.0260 e. The Morgan fingerprint density at radius 3 is 2.83 bits per heavy atom. The fraction of sp³-hybridized carbons (Fsp3) is 0.875. The van der Waals surface area contributed by atoms with Crippen LogP contribution >= 0.6 is 0 Å². The molecular formula is C8H18N2OS. The maximum Gasteiger partial charge on any atom is 0.0260 e. The van der Waals surface area contributed by atoms with E-state index in [1.807, 2.05) is 11.4 Å². The summed E-state index contributed by atoms with van der Waals surface area (Å²) in [5.41, 5.74) is 0. The summed E-state index contributed by atoms with van der Waals surface area (Å²) in [6.45, 7) is 1.80. The van der Waals surface area contributed by atoms with Gasteiger partial charge in [-0.25, -0.2) is 4.31 Å². The second kappa shape index (κ2) is 3.77. The molecule has 2 atom stereocenters. The topological polar surface area (TPSA) is 32.3 Å². The molecule has 0 saturated carbocycles. The average Bonchev–Trinajstić information content (AvgIpc) is 2.03. The van der Waals surface area contributed by atoms with Crippen LogP contribution in [0.2, 0.25) is 0 Å². The molecule has 1 aliphatic rings. The lowest BCUT2D eigenvalue weighted by Gasteiger charge is -2.33. The Hall–Kier alpha value is -0.0600. The highest BCUT2D eigenvalue weighted by Crippen LogP contribution is 2.12. The summed E-state index contributed by atoms with van der Waals surface area (Å²) < 4.78 is 13.6. The van der Waals surface area contributed by atoms with E-state index >= 15 is 0 Å². The van der Waals surface area contributed by atoms with E-state index in [1.165, 1.54) is 6.42 Å². The van der Waals surface area contributed by atoms with Crippen LogP contribution in [0.3, 0.4) is 0 Å². The minimum absolute atomic E-state index is 0.487. The summed E-state index contributed by atoms with van der Waals surface area (Å²) >= 11 is 0. The first-order chi connectivity index (χ1) is 5.54. The summed E-state index contributed by atoms with van der Waals surface area (Å²) in [7, 11) is -0.0224. The van der Waals surface area contributed by atoms with Gasteiger partial charge in [-0.1, -0.05) is 0 Å². The van der Waals surface area contributed by atoms with Crippen LogP contribution in [0.1, 0.15) is 12.8 Å². The van der Waals surface area contributed by atoms with Gasteiger partial charge in [0.05, 0.1) is 0 Å². The lowest BCUT2D eigenvalue weighted by Crippen LogP contribution is -2.46. The van der Waals surface area contributed by atoms with Gasteiger partial charge in [-0.05, 0) is 25.8 Å². The normalized spacial score (nSPS) is 31.3. The molecule has 0 aromatic carbocycles. The standard InChI is InChI=1S/C8H18N2OS/c1-9-8-5-4-6-10(7-8)12(2,3)11/h8-9H,2,4-7H2,1,3H3. The lowest BCUT2D eigenvalue weighted by molar-refractivity contribution is 0.305. The Morgan fingerprint density at radius 2 is 2.33 bits per heavy atom. The fourth-order valence-corrected chi connectivity index (χ4v) is 2.54. The predicted molar refractivity (Wildman–Crippen MR) is 54.8 cm³/mol. The zero-order chi connectivity index (χ0) is 9.19. The molecule has 0 amide bonds. The van der Waals surface area contributed by atoms with Crippen LogP contribution in [-0.4, -0.2) is 46.8 Å². The highest BCUT2D eigenvalue weighted by atomic mass is 32.2. The van der Waals surface area contributed by atoms with Crippen molar-refractivity contribution in [2.24, 2.45) is 0 Å². The molecule has 0 aliphatic carbocycles. The first-order valence-corrected chi connectivity index (χ1v) is 6.38. The molecule has 72 valence electrons. The first-order valence-electron chi connectivity index (χ1n) is 4.28. The molecule has 0 radical (unpaired) electrons. The van der Waals surface area contributed by atoms with Gasteiger partial charge in [-0.2, -0.15) is 0 Å². The number of piperidine rings is 1. The second-order valence-corrected chi connectivity index (χ2v) is 5.91. The number of nitrogens with zero attached hydrogens (tertiary/aromatic N) is 1. The number of nitrogens with one attached hydrogen (secondary N) is 1. The molecule has 2 unspecified atom stereocenters. The molecule has 1 fully saturated rings. The van der Waals surface area contributed by atoms with Crippen LogP contribution in [0.25, 0.3) is 0 Å². The van der Waals surface area contributed by atoms with Crippen molar-refractivity contribution < 1.29 is 4.21 Å². The zero-order valence-corrected chi connectivity index (χ0v) is 8.69. The third-order valence-electron chi connectivity index (χ3n) is 2.34. The SMILES string of the molecule is C=S(C)(=O)N1CCCC(NC)C1. The van der Waals surface area contributed by atoms with Gasteiger partial charge < -0.3 is 5.32 Å². The molecule has 0 spiro atoms. The van der Waals surface area contributed by atoms with Crippen molar-refractivity contribution in [3.63, 3.8) is 0 Å².